The van der Waals surface area contributed by atoms with Crippen LogP contribution < -0.4 is 5.32 Å². The van der Waals surface area contributed by atoms with Crippen molar-refractivity contribution in [1.29, 1.82) is 0 Å². The monoisotopic (exact) mass is 307 g/mol. The summed E-state index contributed by atoms with van der Waals surface area (Å²) in [5, 5.41) is 3.26. The van der Waals surface area contributed by atoms with Crippen molar-refractivity contribution in [2.75, 3.05) is 26.9 Å². The minimum Gasteiger partial charge on any atom is -0.464 e. The quantitative estimate of drug-likeness (QED) is 0.800. The average molecular weight is 307 g/mol. The lowest BCUT2D eigenvalue weighted by Crippen LogP contribution is -2.42. The van der Waals surface area contributed by atoms with Gasteiger partial charge in [0.05, 0.1) is 18.9 Å². The van der Waals surface area contributed by atoms with Gasteiger partial charge in [0.25, 0.3) is 5.76 Å². The number of furan rings is 1. The van der Waals surface area contributed by atoms with Crippen LogP contribution in [-0.2, 0) is 21.8 Å². The Hall–Kier alpha value is -0.630. The molecule has 1 atom stereocenters. The second-order valence-corrected chi connectivity index (χ2v) is 5.71. The maximum absolute atomic E-state index is 12.1. The van der Waals surface area contributed by atoms with Crippen molar-refractivity contribution >= 4 is 11.8 Å². The van der Waals surface area contributed by atoms with Crippen LogP contribution >= 0.6 is 11.8 Å². The summed E-state index contributed by atoms with van der Waals surface area (Å²) in [4.78, 5) is 0. The summed E-state index contributed by atoms with van der Waals surface area (Å²) in [5.74, 6) is -0.878. The molecule has 1 aliphatic heterocycles. The predicted octanol–water partition coefficient (Wildman–Crippen LogP) is 2.63. The van der Waals surface area contributed by atoms with Crippen molar-refractivity contribution in [2.45, 2.75) is 30.1 Å². The Labute approximate surface area is 121 Å². The van der Waals surface area contributed by atoms with Crippen LogP contribution in [0.5, 0.6) is 0 Å². The molecule has 20 heavy (non-hydrogen) atoms. The number of nitrogens with one attached hydrogen (secondary N) is 1. The minimum absolute atomic E-state index is 0.188. The Bertz CT molecular complexity index is 408. The van der Waals surface area contributed by atoms with Crippen LogP contribution in [0.3, 0.4) is 0 Å². The molecule has 1 unspecified atom stereocenters. The van der Waals surface area contributed by atoms with Crippen LogP contribution in [0.25, 0.3) is 0 Å². The van der Waals surface area contributed by atoms with Gasteiger partial charge in [-0.15, -0.1) is 0 Å². The molecule has 0 aromatic carbocycles. The molecular formula is C13H19F2NO3S. The number of thioether (sulfide) groups is 1. The van der Waals surface area contributed by atoms with Gasteiger partial charge in [-0.1, -0.05) is 11.8 Å². The normalized spacial score (nSPS) is 22.8. The summed E-state index contributed by atoms with van der Waals surface area (Å²) < 4.78 is 40.5. The summed E-state index contributed by atoms with van der Waals surface area (Å²) in [5.41, 5.74) is -0.263. The molecule has 0 aliphatic carbocycles. The number of hydrogen-bond donors (Lipinski definition) is 1. The van der Waals surface area contributed by atoms with E-state index in [0.29, 0.717) is 43.8 Å². The molecule has 7 heteroatoms. The molecular weight excluding hydrogens is 288 g/mol. The van der Waals surface area contributed by atoms with Gasteiger partial charge in [-0.3, -0.25) is 0 Å². The van der Waals surface area contributed by atoms with Gasteiger partial charge in [0, 0.05) is 26.7 Å². The Morgan fingerprint density at radius 2 is 2.25 bits per heavy atom. The van der Waals surface area contributed by atoms with Gasteiger partial charge in [0.2, 0.25) is 0 Å². The molecule has 0 radical (unpaired) electrons. The highest BCUT2D eigenvalue weighted by molar-refractivity contribution is 7.98. The van der Waals surface area contributed by atoms with Crippen molar-refractivity contribution in [2.24, 2.45) is 0 Å². The largest absolute Gasteiger partial charge is 0.464 e. The first-order chi connectivity index (χ1) is 9.63. The van der Waals surface area contributed by atoms with Crippen LogP contribution in [0.2, 0.25) is 0 Å². The van der Waals surface area contributed by atoms with Crippen molar-refractivity contribution in [1.82, 2.24) is 5.32 Å². The van der Waals surface area contributed by atoms with Gasteiger partial charge in [-0.25, -0.2) is 0 Å². The van der Waals surface area contributed by atoms with Gasteiger partial charge in [0.15, 0.2) is 0 Å². The van der Waals surface area contributed by atoms with Crippen molar-refractivity contribution in [3.63, 3.8) is 0 Å². The molecule has 114 valence electrons. The minimum atomic E-state index is -2.37. The highest BCUT2D eigenvalue weighted by Gasteiger charge is 2.34. The zero-order chi connectivity index (χ0) is 14.4. The van der Waals surface area contributed by atoms with Crippen molar-refractivity contribution in [3.8, 4) is 0 Å². The standard InChI is InChI=1S/C13H19F2NO3S/c1-17-13(4-5-18-9-13)8-16-6-10-2-3-11(19-10)7-20-12(14)15/h2-3,12,16H,4-9H2,1H3. The van der Waals surface area contributed by atoms with E-state index in [2.05, 4.69) is 5.32 Å². The SMILES string of the molecule is COC1(CNCc2ccc(CSC(F)F)o2)CCOC1. The molecule has 2 heterocycles. The summed E-state index contributed by atoms with van der Waals surface area (Å²) in [6.45, 7) is 2.52. The second-order valence-electron chi connectivity index (χ2n) is 4.73. The number of alkyl halides is 2. The van der Waals surface area contributed by atoms with Gasteiger partial charge in [0.1, 0.15) is 17.1 Å². The highest BCUT2D eigenvalue weighted by atomic mass is 32.2. The summed E-state index contributed by atoms with van der Waals surface area (Å²) in [7, 11) is 1.68. The second kappa shape index (κ2) is 7.40. The predicted molar refractivity (Wildman–Crippen MR) is 72.9 cm³/mol. The summed E-state index contributed by atoms with van der Waals surface area (Å²) in [6, 6.07) is 3.54. The van der Waals surface area contributed by atoms with E-state index < -0.39 is 5.76 Å². The Morgan fingerprint density at radius 3 is 2.90 bits per heavy atom. The molecule has 4 nitrogen and oxygen atoms in total. The van der Waals surface area contributed by atoms with Crippen LogP contribution in [0.15, 0.2) is 16.5 Å². The third-order valence-corrected chi connectivity index (χ3v) is 4.02. The molecule has 1 aliphatic rings. The fourth-order valence-corrected chi connectivity index (χ4v) is 2.56. The van der Waals surface area contributed by atoms with Crippen LogP contribution in [0.1, 0.15) is 17.9 Å². The van der Waals surface area contributed by atoms with E-state index in [9.17, 15) is 8.78 Å². The van der Waals surface area contributed by atoms with Gasteiger partial charge in [-0.05, 0) is 12.1 Å². The van der Waals surface area contributed by atoms with E-state index >= 15 is 0 Å². The van der Waals surface area contributed by atoms with Gasteiger partial charge >= 0.3 is 0 Å². The fourth-order valence-electron chi connectivity index (χ4n) is 2.11. The Kier molecular flexibility index (Phi) is 5.83. The lowest BCUT2D eigenvalue weighted by molar-refractivity contribution is -0.0161. The van der Waals surface area contributed by atoms with Gasteiger partial charge < -0.3 is 19.2 Å². The van der Waals surface area contributed by atoms with E-state index in [1.54, 1.807) is 19.2 Å². The summed E-state index contributed by atoms with van der Waals surface area (Å²) in [6.07, 6.45) is 0.866. The molecule has 0 saturated carbocycles. The zero-order valence-electron chi connectivity index (χ0n) is 11.4. The number of halogens is 2. The van der Waals surface area contributed by atoms with Crippen LogP contribution in [-0.4, -0.2) is 38.2 Å². The first kappa shape index (κ1) is 15.8. The van der Waals surface area contributed by atoms with E-state index in [0.717, 1.165) is 12.2 Å². The maximum atomic E-state index is 12.1. The third kappa shape index (κ3) is 4.44. The van der Waals surface area contributed by atoms with Crippen molar-refractivity contribution in [3.05, 3.63) is 23.7 Å². The molecule has 1 aromatic rings. The molecule has 2 rings (SSSR count). The Morgan fingerprint density at radius 1 is 1.45 bits per heavy atom. The lowest BCUT2D eigenvalue weighted by Gasteiger charge is -2.25. The molecule has 1 N–H and O–H groups in total. The fraction of sp³-hybridized carbons (Fsp3) is 0.692. The lowest BCUT2D eigenvalue weighted by atomic mass is 10.0. The highest BCUT2D eigenvalue weighted by Crippen LogP contribution is 2.23. The molecule has 1 saturated heterocycles. The molecule has 0 amide bonds. The molecule has 0 spiro atoms. The van der Waals surface area contributed by atoms with Crippen LogP contribution in [0, 0.1) is 0 Å². The number of hydrogen-bond acceptors (Lipinski definition) is 5. The Balaban J connectivity index is 1.74. The number of methoxy groups -OCH3 is 1. The van der Waals surface area contributed by atoms with E-state index in [4.69, 9.17) is 13.9 Å². The molecule has 0 bridgehead atoms. The average Bonchev–Trinajstić information content (AvgIpc) is 3.06. The molecule has 1 aromatic heterocycles. The maximum Gasteiger partial charge on any atom is 0.284 e. The van der Waals surface area contributed by atoms with E-state index in [1.165, 1.54) is 0 Å². The number of ether oxygens (including phenoxy) is 2. The summed E-state index contributed by atoms with van der Waals surface area (Å²) >= 11 is 0.561. The number of rotatable bonds is 8. The van der Waals surface area contributed by atoms with E-state index in [-0.39, 0.29) is 11.4 Å². The first-order valence-corrected chi connectivity index (χ1v) is 7.49. The zero-order valence-corrected chi connectivity index (χ0v) is 12.2. The smallest absolute Gasteiger partial charge is 0.284 e. The van der Waals surface area contributed by atoms with Crippen molar-refractivity contribution < 1.29 is 22.7 Å². The van der Waals surface area contributed by atoms with E-state index in [1.807, 2.05) is 0 Å². The topological polar surface area (TPSA) is 43.6 Å². The first-order valence-electron chi connectivity index (χ1n) is 6.44. The van der Waals surface area contributed by atoms with Gasteiger partial charge in [-0.2, -0.15) is 8.78 Å². The molecule has 1 fully saturated rings. The third-order valence-electron chi connectivity index (χ3n) is 3.32. The van der Waals surface area contributed by atoms with Crippen LogP contribution in [0.4, 0.5) is 8.78 Å².